The lowest BCUT2D eigenvalue weighted by atomic mass is 9.67. The molecule has 0 heterocycles. The van der Waals surface area contributed by atoms with E-state index < -0.39 is 0 Å². The van der Waals surface area contributed by atoms with Crippen molar-refractivity contribution in [2.24, 2.45) is 11.8 Å². The Kier molecular flexibility index (Phi) is 6.82. The standard InChI is InChI=1S/C17H36N2/c1-7-10-15(4)16(18-8-2)17(19(5)6)12-9-11-14(3)13-17/h14-16,18H,7-13H2,1-6H3. The van der Waals surface area contributed by atoms with Crippen molar-refractivity contribution in [3.63, 3.8) is 0 Å². The van der Waals surface area contributed by atoms with Gasteiger partial charge in [0.1, 0.15) is 0 Å². The van der Waals surface area contributed by atoms with Crippen LogP contribution in [0.4, 0.5) is 0 Å². The molecule has 0 aromatic rings. The summed E-state index contributed by atoms with van der Waals surface area (Å²) in [7, 11) is 4.59. The van der Waals surface area contributed by atoms with E-state index in [0.29, 0.717) is 11.6 Å². The largest absolute Gasteiger partial charge is 0.312 e. The monoisotopic (exact) mass is 268 g/mol. The molecule has 0 aromatic carbocycles. The Morgan fingerprint density at radius 3 is 2.47 bits per heavy atom. The minimum absolute atomic E-state index is 0.363. The van der Waals surface area contributed by atoms with Crippen LogP contribution in [0.25, 0.3) is 0 Å². The van der Waals surface area contributed by atoms with Gasteiger partial charge in [0.15, 0.2) is 0 Å². The number of nitrogens with zero attached hydrogens (tertiary/aromatic N) is 1. The fourth-order valence-electron chi connectivity index (χ4n) is 4.29. The topological polar surface area (TPSA) is 15.3 Å². The van der Waals surface area contributed by atoms with Crippen molar-refractivity contribution in [2.45, 2.75) is 77.8 Å². The van der Waals surface area contributed by atoms with Gasteiger partial charge in [-0.2, -0.15) is 0 Å². The van der Waals surface area contributed by atoms with Gasteiger partial charge in [0, 0.05) is 11.6 Å². The van der Waals surface area contributed by atoms with E-state index in [9.17, 15) is 0 Å². The summed E-state index contributed by atoms with van der Waals surface area (Å²) < 4.78 is 0. The number of hydrogen-bond acceptors (Lipinski definition) is 2. The minimum atomic E-state index is 0.363. The number of hydrogen-bond donors (Lipinski definition) is 1. The summed E-state index contributed by atoms with van der Waals surface area (Å²) in [6.07, 6.45) is 8.14. The minimum Gasteiger partial charge on any atom is -0.312 e. The molecular weight excluding hydrogens is 232 g/mol. The third-order valence-electron chi connectivity index (χ3n) is 5.22. The van der Waals surface area contributed by atoms with Gasteiger partial charge in [-0.05, 0) is 51.7 Å². The van der Waals surface area contributed by atoms with E-state index in [-0.39, 0.29) is 0 Å². The van der Waals surface area contributed by atoms with Crippen LogP contribution in [-0.4, -0.2) is 37.1 Å². The van der Waals surface area contributed by atoms with Crippen molar-refractivity contribution in [3.05, 3.63) is 0 Å². The second-order valence-corrected chi connectivity index (χ2v) is 7.00. The highest BCUT2D eigenvalue weighted by Gasteiger charge is 2.44. The van der Waals surface area contributed by atoms with Gasteiger partial charge < -0.3 is 10.2 Å². The van der Waals surface area contributed by atoms with Crippen molar-refractivity contribution >= 4 is 0 Å². The molecule has 2 heteroatoms. The first-order valence-electron chi connectivity index (χ1n) is 8.38. The highest BCUT2D eigenvalue weighted by molar-refractivity contribution is 5.03. The molecule has 0 bridgehead atoms. The van der Waals surface area contributed by atoms with E-state index >= 15 is 0 Å². The predicted octanol–water partition coefficient (Wildman–Crippen LogP) is 3.91. The molecule has 0 aliphatic heterocycles. The fraction of sp³-hybridized carbons (Fsp3) is 1.00. The zero-order chi connectivity index (χ0) is 14.5. The number of nitrogens with one attached hydrogen (secondary N) is 1. The first-order valence-corrected chi connectivity index (χ1v) is 8.38. The highest BCUT2D eigenvalue weighted by atomic mass is 15.2. The van der Waals surface area contributed by atoms with E-state index in [4.69, 9.17) is 0 Å². The summed E-state index contributed by atoms with van der Waals surface area (Å²) in [6, 6.07) is 0.634. The summed E-state index contributed by atoms with van der Waals surface area (Å²) in [4.78, 5) is 2.53. The number of rotatable bonds is 7. The van der Waals surface area contributed by atoms with Gasteiger partial charge in [0.05, 0.1) is 0 Å². The Morgan fingerprint density at radius 1 is 1.32 bits per heavy atom. The fourth-order valence-corrected chi connectivity index (χ4v) is 4.29. The molecule has 0 saturated heterocycles. The Morgan fingerprint density at radius 2 is 2.00 bits per heavy atom. The smallest absolute Gasteiger partial charge is 0.0361 e. The molecule has 1 fully saturated rings. The third kappa shape index (κ3) is 3.95. The predicted molar refractivity (Wildman–Crippen MR) is 85.6 cm³/mol. The second kappa shape index (κ2) is 7.64. The lowest BCUT2D eigenvalue weighted by Gasteiger charge is -2.52. The van der Waals surface area contributed by atoms with Crippen molar-refractivity contribution in [2.75, 3.05) is 20.6 Å². The third-order valence-corrected chi connectivity index (χ3v) is 5.22. The molecule has 2 nitrogen and oxygen atoms in total. The van der Waals surface area contributed by atoms with E-state index in [1.54, 1.807) is 0 Å². The summed E-state index contributed by atoms with van der Waals surface area (Å²) in [5, 5.41) is 3.84. The average molecular weight is 268 g/mol. The van der Waals surface area contributed by atoms with Crippen LogP contribution < -0.4 is 5.32 Å². The SMILES string of the molecule is CCCC(C)C(NCC)C1(N(C)C)CCCC(C)C1. The lowest BCUT2D eigenvalue weighted by Crippen LogP contribution is -2.63. The van der Waals surface area contributed by atoms with Gasteiger partial charge in [-0.15, -0.1) is 0 Å². The Hall–Kier alpha value is -0.0800. The molecule has 4 unspecified atom stereocenters. The van der Waals surface area contributed by atoms with Crippen LogP contribution in [0.5, 0.6) is 0 Å². The maximum Gasteiger partial charge on any atom is 0.0361 e. The second-order valence-electron chi connectivity index (χ2n) is 7.00. The van der Waals surface area contributed by atoms with Crippen molar-refractivity contribution in [3.8, 4) is 0 Å². The molecule has 1 rings (SSSR count). The molecule has 0 spiro atoms. The highest BCUT2D eigenvalue weighted by Crippen LogP contribution is 2.40. The average Bonchev–Trinajstić information content (AvgIpc) is 2.35. The molecule has 0 radical (unpaired) electrons. The zero-order valence-electron chi connectivity index (χ0n) is 14.1. The van der Waals surface area contributed by atoms with E-state index in [1.165, 1.54) is 38.5 Å². The van der Waals surface area contributed by atoms with Crippen molar-refractivity contribution in [1.29, 1.82) is 0 Å². The Bertz CT molecular complexity index is 252. The van der Waals surface area contributed by atoms with Crippen LogP contribution in [0.1, 0.15) is 66.2 Å². The van der Waals surface area contributed by atoms with E-state index in [1.807, 2.05) is 0 Å². The quantitative estimate of drug-likeness (QED) is 0.753. The van der Waals surface area contributed by atoms with Gasteiger partial charge >= 0.3 is 0 Å². The van der Waals surface area contributed by atoms with Gasteiger partial charge in [-0.3, -0.25) is 0 Å². The van der Waals surface area contributed by atoms with E-state index in [0.717, 1.165) is 18.4 Å². The van der Waals surface area contributed by atoms with Gasteiger partial charge in [-0.25, -0.2) is 0 Å². The molecule has 19 heavy (non-hydrogen) atoms. The molecule has 1 saturated carbocycles. The van der Waals surface area contributed by atoms with Crippen LogP contribution >= 0.6 is 0 Å². The van der Waals surface area contributed by atoms with Gasteiger partial charge in [0.25, 0.3) is 0 Å². The molecular formula is C17H36N2. The van der Waals surface area contributed by atoms with Crippen LogP contribution in [-0.2, 0) is 0 Å². The summed E-state index contributed by atoms with van der Waals surface area (Å²) in [5.41, 5.74) is 0.363. The van der Waals surface area contributed by atoms with Gasteiger partial charge in [0.2, 0.25) is 0 Å². The molecule has 4 atom stereocenters. The first-order chi connectivity index (χ1) is 8.97. The van der Waals surface area contributed by atoms with Crippen LogP contribution in [0.3, 0.4) is 0 Å². The normalized spacial score (nSPS) is 31.4. The summed E-state index contributed by atoms with van der Waals surface area (Å²) >= 11 is 0. The molecule has 1 N–H and O–H groups in total. The zero-order valence-corrected chi connectivity index (χ0v) is 14.1. The number of likely N-dealkylation sites (N-methyl/N-ethyl adjacent to an activating group) is 2. The maximum atomic E-state index is 3.84. The van der Waals surface area contributed by atoms with Gasteiger partial charge in [-0.1, -0.05) is 47.0 Å². The maximum absolute atomic E-state index is 3.84. The summed E-state index contributed by atoms with van der Waals surface area (Å²) in [5.74, 6) is 1.63. The molecule has 0 amide bonds. The van der Waals surface area contributed by atoms with Crippen molar-refractivity contribution < 1.29 is 0 Å². The van der Waals surface area contributed by atoms with Crippen molar-refractivity contribution in [1.82, 2.24) is 10.2 Å². The van der Waals surface area contributed by atoms with Crippen LogP contribution in [0.2, 0.25) is 0 Å². The first kappa shape index (κ1) is 17.0. The van der Waals surface area contributed by atoms with Crippen LogP contribution in [0.15, 0.2) is 0 Å². The summed E-state index contributed by atoms with van der Waals surface area (Å²) in [6.45, 7) is 10.5. The van der Waals surface area contributed by atoms with E-state index in [2.05, 4.69) is 52.0 Å². The molecule has 0 aromatic heterocycles. The lowest BCUT2D eigenvalue weighted by molar-refractivity contribution is 0.0174. The Balaban J connectivity index is 2.97. The molecule has 1 aliphatic carbocycles. The molecule has 1 aliphatic rings. The van der Waals surface area contributed by atoms with Crippen LogP contribution in [0, 0.1) is 11.8 Å². The molecule has 114 valence electrons. The Labute approximate surface area is 121 Å².